The van der Waals surface area contributed by atoms with E-state index >= 15 is 0 Å². The van der Waals surface area contributed by atoms with Gasteiger partial charge in [-0.2, -0.15) is 0 Å². The van der Waals surface area contributed by atoms with Crippen LogP contribution in [0.25, 0.3) is 6.08 Å². The van der Waals surface area contributed by atoms with Crippen molar-refractivity contribution in [1.29, 1.82) is 0 Å². The van der Waals surface area contributed by atoms with Crippen molar-refractivity contribution >= 4 is 22.1 Å². The maximum atomic E-state index is 4.49. The third-order valence-electron chi connectivity index (χ3n) is 1.62. The molecule has 0 saturated carbocycles. The molecule has 1 aliphatic rings. The number of hydrogen-bond acceptors (Lipinski definition) is 1. The Labute approximate surface area is 68.2 Å². The van der Waals surface area contributed by atoms with Gasteiger partial charge in [0.25, 0.3) is 0 Å². The molecule has 0 aliphatic carbocycles. The summed E-state index contributed by atoms with van der Waals surface area (Å²) < 4.78 is 4.49. The summed E-state index contributed by atoms with van der Waals surface area (Å²) in [5.74, 6) is 0. The minimum Gasteiger partial charge on any atom is -0.224 e. The summed E-state index contributed by atoms with van der Waals surface area (Å²) in [4.78, 5) is 0. The first-order chi connectivity index (χ1) is 5.36. The monoisotopic (exact) mass is 163 g/mol. The lowest BCUT2D eigenvalue weighted by Crippen LogP contribution is -2.25. The summed E-state index contributed by atoms with van der Waals surface area (Å²) >= 11 is 0. The van der Waals surface area contributed by atoms with Crippen molar-refractivity contribution in [2.75, 3.05) is 6.26 Å². The van der Waals surface area contributed by atoms with Crippen LogP contribution < -0.4 is 10.6 Å². The van der Waals surface area contributed by atoms with Crippen LogP contribution in [0.2, 0.25) is 0 Å². The molecule has 0 bridgehead atoms. The van der Waals surface area contributed by atoms with E-state index in [1.807, 2.05) is 12.1 Å². The van der Waals surface area contributed by atoms with Crippen LogP contribution in [0.3, 0.4) is 0 Å². The van der Waals surface area contributed by atoms with Crippen LogP contribution in [0.4, 0.5) is 0 Å². The van der Waals surface area contributed by atoms with E-state index in [1.165, 1.54) is 5.22 Å². The van der Waals surface area contributed by atoms with Gasteiger partial charge < -0.3 is 0 Å². The van der Waals surface area contributed by atoms with Crippen LogP contribution in [-0.4, -0.2) is 11.6 Å². The van der Waals surface area contributed by atoms with Crippen LogP contribution >= 0.6 is 10.7 Å². The molecule has 0 aromatic heterocycles. The molecule has 1 aromatic carbocycles. The first-order valence-corrected chi connectivity index (χ1v) is 5.15. The zero-order valence-corrected chi connectivity index (χ0v) is 7.14. The van der Waals surface area contributed by atoms with E-state index in [2.05, 4.69) is 34.2 Å². The van der Waals surface area contributed by atoms with Crippen LogP contribution in [0.1, 0.15) is 0 Å². The van der Waals surface area contributed by atoms with Gasteiger partial charge in [-0.15, -0.1) is 0 Å². The Morgan fingerprint density at radius 1 is 1.27 bits per heavy atom. The van der Waals surface area contributed by atoms with E-state index in [0.29, 0.717) is 0 Å². The number of rotatable bonds is 0. The van der Waals surface area contributed by atoms with Crippen LogP contribution in [-0.2, 0) is 0 Å². The van der Waals surface area contributed by atoms with Gasteiger partial charge in [0.05, 0.1) is 5.36 Å². The average molecular weight is 163 g/mol. The Morgan fingerprint density at radius 3 is 3.00 bits per heavy atom. The second-order valence-electron chi connectivity index (χ2n) is 2.48. The summed E-state index contributed by atoms with van der Waals surface area (Å²) in [5.41, 5.74) is 0. The molecule has 1 nitrogen and oxygen atoms in total. The summed E-state index contributed by atoms with van der Waals surface area (Å²) in [5, 5.41) is 4.50. The van der Waals surface area contributed by atoms with Crippen molar-refractivity contribution in [3.8, 4) is 0 Å². The molecule has 2 heteroatoms. The lowest BCUT2D eigenvalue weighted by molar-refractivity contribution is 1.40. The Hall–Kier alpha value is -0.890. The topological polar surface area (TPSA) is 12.4 Å². The van der Waals surface area contributed by atoms with Crippen molar-refractivity contribution in [2.24, 2.45) is 4.40 Å². The van der Waals surface area contributed by atoms with Crippen LogP contribution in [0, 0.1) is 0 Å². The van der Waals surface area contributed by atoms with Gasteiger partial charge >= 0.3 is 0 Å². The molecule has 0 fully saturated rings. The maximum absolute atomic E-state index is 4.49. The van der Waals surface area contributed by atoms with Crippen molar-refractivity contribution in [1.82, 2.24) is 0 Å². The molecule has 0 N–H and O–H groups in total. The molecule has 11 heavy (non-hydrogen) atoms. The third-order valence-corrected chi connectivity index (χ3v) is 2.64. The number of nitrogens with zero attached hydrogens (tertiary/aromatic N) is 1. The summed E-state index contributed by atoms with van der Waals surface area (Å²) in [7, 11) is 0.0929. The summed E-state index contributed by atoms with van der Waals surface area (Å²) in [6.07, 6.45) is 4.26. The van der Waals surface area contributed by atoms with Gasteiger partial charge in [-0.3, -0.25) is 0 Å². The van der Waals surface area contributed by atoms with Crippen molar-refractivity contribution in [2.45, 2.75) is 0 Å². The van der Waals surface area contributed by atoms with Crippen LogP contribution in [0.5, 0.6) is 0 Å². The minimum atomic E-state index is 0.0929. The second kappa shape index (κ2) is 2.62. The molecule has 1 heterocycles. The minimum absolute atomic E-state index is 0.0929. The highest BCUT2D eigenvalue weighted by Gasteiger charge is 1.89. The molecule has 0 saturated heterocycles. The fourth-order valence-corrected chi connectivity index (χ4v) is 1.95. The smallest absolute Gasteiger partial charge is 0.0779 e. The lowest BCUT2D eigenvalue weighted by Gasteiger charge is -1.97. The molecule has 2 rings (SSSR count). The molecule has 0 radical (unpaired) electrons. The fraction of sp³-hybridized carbons (Fsp3) is 0.111. The molecule has 1 atom stereocenters. The molecule has 1 aromatic rings. The Morgan fingerprint density at radius 2 is 2.09 bits per heavy atom. The maximum Gasteiger partial charge on any atom is 0.0779 e. The Bertz CT molecular complexity index is 417. The van der Waals surface area contributed by atoms with Gasteiger partial charge in [0.1, 0.15) is 0 Å². The van der Waals surface area contributed by atoms with Gasteiger partial charge in [-0.25, -0.2) is 4.40 Å². The van der Waals surface area contributed by atoms with E-state index in [1.54, 1.807) is 0 Å². The lowest BCUT2D eigenvalue weighted by atomic mass is 10.3. The summed E-state index contributed by atoms with van der Waals surface area (Å²) in [6.45, 7) is 0. The molecule has 1 aliphatic heterocycles. The first kappa shape index (κ1) is 6.80. The fourth-order valence-electron chi connectivity index (χ4n) is 1.07. The second-order valence-corrected chi connectivity index (χ2v) is 3.98. The molecule has 56 valence electrons. The van der Waals surface area contributed by atoms with E-state index in [9.17, 15) is 0 Å². The normalized spacial score (nSPS) is 20.6. The molecule has 1 unspecified atom stereocenters. The van der Waals surface area contributed by atoms with Gasteiger partial charge in [-0.05, 0) is 23.8 Å². The SMILES string of the molecule is CS1=CC=c2ccccc2=N1. The Kier molecular flexibility index (Phi) is 1.62. The Balaban J connectivity index is 2.83. The van der Waals surface area contributed by atoms with E-state index in [0.717, 1.165) is 5.36 Å². The largest absolute Gasteiger partial charge is 0.224 e. The zero-order chi connectivity index (χ0) is 7.68. The van der Waals surface area contributed by atoms with Gasteiger partial charge in [-0.1, -0.05) is 28.9 Å². The van der Waals surface area contributed by atoms with Gasteiger partial charge in [0.2, 0.25) is 0 Å². The van der Waals surface area contributed by atoms with Gasteiger partial charge in [0, 0.05) is 5.22 Å². The highest BCUT2D eigenvalue weighted by atomic mass is 32.2. The third kappa shape index (κ3) is 1.26. The summed E-state index contributed by atoms with van der Waals surface area (Å²) in [6, 6.07) is 8.21. The van der Waals surface area contributed by atoms with Crippen molar-refractivity contribution < 1.29 is 0 Å². The highest BCUT2D eigenvalue weighted by molar-refractivity contribution is 8.13. The molecule has 0 amide bonds. The van der Waals surface area contributed by atoms with E-state index in [-0.39, 0.29) is 10.7 Å². The molecular formula is C9H9NS. The first-order valence-electron chi connectivity index (χ1n) is 3.50. The number of hydrogen-bond donors (Lipinski definition) is 0. The van der Waals surface area contributed by atoms with Crippen molar-refractivity contribution in [3.63, 3.8) is 0 Å². The van der Waals surface area contributed by atoms with Crippen LogP contribution in [0.15, 0.2) is 28.7 Å². The zero-order valence-electron chi connectivity index (χ0n) is 6.32. The molecule has 0 spiro atoms. The standard InChI is InChI=1S/C9H9NS/c1-11-7-6-8-4-2-3-5-9(8)10-11/h2-7H,1H3. The van der Waals surface area contributed by atoms with E-state index < -0.39 is 0 Å². The number of benzene rings is 1. The highest BCUT2D eigenvalue weighted by Crippen LogP contribution is 2.05. The van der Waals surface area contributed by atoms with E-state index in [4.69, 9.17) is 0 Å². The predicted octanol–water partition coefficient (Wildman–Crippen LogP) is 0.716. The van der Waals surface area contributed by atoms with Crippen molar-refractivity contribution in [3.05, 3.63) is 34.8 Å². The quantitative estimate of drug-likeness (QED) is 0.500. The number of fused-ring (bicyclic) bond motifs is 1. The molecular weight excluding hydrogens is 154 g/mol. The van der Waals surface area contributed by atoms with Gasteiger partial charge in [0.15, 0.2) is 0 Å². The predicted molar refractivity (Wildman–Crippen MR) is 51.3 cm³/mol. The average Bonchev–Trinajstić information content (AvgIpc) is 2.04.